The van der Waals surface area contributed by atoms with Gasteiger partial charge in [0.2, 0.25) is 0 Å². The van der Waals surface area contributed by atoms with Gasteiger partial charge in [-0.05, 0) is 35.6 Å². The summed E-state index contributed by atoms with van der Waals surface area (Å²) >= 11 is 0. The van der Waals surface area contributed by atoms with Gasteiger partial charge >= 0.3 is 0 Å². The van der Waals surface area contributed by atoms with Gasteiger partial charge in [0.05, 0.1) is 17.7 Å². The summed E-state index contributed by atoms with van der Waals surface area (Å²) < 4.78 is 6.48. The maximum absolute atomic E-state index is 13.1. The molecule has 3 aliphatic rings. The quantitative estimate of drug-likeness (QED) is 0.766. The fourth-order valence-corrected chi connectivity index (χ4v) is 4.64. The van der Waals surface area contributed by atoms with Crippen LogP contribution in [0.3, 0.4) is 0 Å². The minimum Gasteiger partial charge on any atom is -0.352 e. The Morgan fingerprint density at radius 2 is 1.67 bits per heavy atom. The number of hydrogen-bond donors (Lipinski definition) is 0. The Hall–Kier alpha value is -2.72. The van der Waals surface area contributed by atoms with Crippen LogP contribution in [0.4, 0.5) is 0 Å². The average Bonchev–Trinajstić information content (AvgIpc) is 3.20. The molecule has 0 radical (unpaired) electrons. The molecule has 2 fully saturated rings. The van der Waals surface area contributed by atoms with Gasteiger partial charge in [-0.3, -0.25) is 14.5 Å². The van der Waals surface area contributed by atoms with E-state index in [0.717, 1.165) is 42.4 Å². The third-order valence-electron chi connectivity index (χ3n) is 5.97. The number of hydrogen-bond acceptors (Lipinski definition) is 3. The van der Waals surface area contributed by atoms with Crippen LogP contribution in [0.5, 0.6) is 0 Å². The minimum atomic E-state index is -0.799. The maximum atomic E-state index is 13.1. The van der Waals surface area contributed by atoms with Crippen molar-refractivity contribution < 1.29 is 14.3 Å². The van der Waals surface area contributed by atoms with Crippen molar-refractivity contribution in [3.63, 3.8) is 0 Å². The van der Waals surface area contributed by atoms with Crippen molar-refractivity contribution in [1.82, 2.24) is 4.90 Å². The van der Waals surface area contributed by atoms with Gasteiger partial charge in [0.1, 0.15) is 0 Å². The molecule has 136 valence electrons. The van der Waals surface area contributed by atoms with Crippen LogP contribution in [0.1, 0.15) is 42.4 Å². The van der Waals surface area contributed by atoms with Crippen molar-refractivity contribution in [2.24, 2.45) is 0 Å². The van der Waals surface area contributed by atoms with E-state index >= 15 is 0 Å². The van der Waals surface area contributed by atoms with Gasteiger partial charge in [0.15, 0.2) is 6.10 Å². The fourth-order valence-electron chi connectivity index (χ4n) is 4.64. The van der Waals surface area contributed by atoms with Crippen molar-refractivity contribution in [1.29, 1.82) is 0 Å². The molecular weight excluding hydrogens is 338 g/mol. The molecule has 0 N–H and O–H groups in total. The van der Waals surface area contributed by atoms with Crippen LogP contribution in [-0.2, 0) is 26.5 Å². The van der Waals surface area contributed by atoms with Gasteiger partial charge in [-0.2, -0.15) is 0 Å². The van der Waals surface area contributed by atoms with Crippen LogP contribution < -0.4 is 0 Å². The van der Waals surface area contributed by atoms with Crippen LogP contribution in [0.25, 0.3) is 6.08 Å². The van der Waals surface area contributed by atoms with E-state index in [-0.39, 0.29) is 18.4 Å². The van der Waals surface area contributed by atoms with Crippen LogP contribution in [0, 0.1) is 0 Å². The topological polar surface area (TPSA) is 46.6 Å². The normalized spacial score (nSPS) is 23.2. The van der Waals surface area contributed by atoms with Gasteiger partial charge in [0.25, 0.3) is 11.8 Å². The van der Waals surface area contributed by atoms with Crippen molar-refractivity contribution >= 4 is 17.9 Å². The monoisotopic (exact) mass is 359 g/mol. The number of benzene rings is 2. The van der Waals surface area contributed by atoms with E-state index in [1.807, 2.05) is 54.6 Å². The number of carbonyl (C=O) groups excluding carboxylic acids is 2. The molecule has 2 aromatic carbocycles. The Morgan fingerprint density at radius 3 is 2.44 bits per heavy atom. The first-order valence-electron chi connectivity index (χ1n) is 9.56. The fraction of sp³-hybridized carbons (Fsp3) is 0.304. The molecule has 2 aromatic rings. The molecule has 1 saturated heterocycles. The largest absolute Gasteiger partial charge is 0.352 e. The predicted octanol–water partition coefficient (Wildman–Crippen LogP) is 3.81. The summed E-state index contributed by atoms with van der Waals surface area (Å²) in [6.07, 6.45) is 5.01. The summed E-state index contributed by atoms with van der Waals surface area (Å²) in [6, 6.07) is 17.7. The van der Waals surface area contributed by atoms with E-state index in [1.54, 1.807) is 0 Å². The van der Waals surface area contributed by atoms with E-state index in [9.17, 15) is 9.59 Å². The summed E-state index contributed by atoms with van der Waals surface area (Å²) in [5.41, 5.74) is 3.05. The van der Waals surface area contributed by atoms with Gasteiger partial charge in [-0.25, -0.2) is 0 Å². The van der Waals surface area contributed by atoms with E-state index in [4.69, 9.17) is 4.74 Å². The molecule has 0 bridgehead atoms. The number of nitrogens with zero attached hydrogens (tertiary/aromatic N) is 1. The van der Waals surface area contributed by atoms with Crippen LogP contribution >= 0.6 is 0 Å². The zero-order valence-electron chi connectivity index (χ0n) is 15.1. The molecular formula is C23H21NO3. The highest BCUT2D eigenvalue weighted by Crippen LogP contribution is 2.48. The standard InChI is InChI=1S/C23H21NO3/c25-21-18-14-17-10-4-5-11-19(17)23(12-6-7-13-23)27-20(18)22(26)24(21)15-16-8-2-1-3-9-16/h1-5,8-11,14,20H,6-7,12-13,15H2. The lowest BCUT2D eigenvalue weighted by Crippen LogP contribution is -2.37. The first kappa shape index (κ1) is 16.5. The summed E-state index contributed by atoms with van der Waals surface area (Å²) in [4.78, 5) is 27.6. The summed E-state index contributed by atoms with van der Waals surface area (Å²) in [7, 11) is 0. The Kier molecular flexibility index (Phi) is 3.76. The lowest BCUT2D eigenvalue weighted by atomic mass is 9.88. The number of amides is 2. The number of fused-ring (bicyclic) bond motifs is 3. The van der Waals surface area contributed by atoms with Crippen LogP contribution in [0.15, 0.2) is 60.2 Å². The summed E-state index contributed by atoms with van der Waals surface area (Å²) in [5, 5.41) is 0. The Morgan fingerprint density at radius 1 is 0.963 bits per heavy atom. The van der Waals surface area contributed by atoms with Crippen LogP contribution in [-0.4, -0.2) is 22.8 Å². The van der Waals surface area contributed by atoms with Gasteiger partial charge < -0.3 is 4.74 Å². The zero-order chi connectivity index (χ0) is 18.4. The molecule has 0 aromatic heterocycles. The van der Waals surface area contributed by atoms with E-state index < -0.39 is 11.7 Å². The first-order valence-corrected chi connectivity index (χ1v) is 9.56. The second kappa shape index (κ2) is 6.17. The summed E-state index contributed by atoms with van der Waals surface area (Å²) in [5.74, 6) is -0.479. The third kappa shape index (κ3) is 2.55. The second-order valence-electron chi connectivity index (χ2n) is 7.60. The number of likely N-dealkylation sites (tertiary alicyclic amines) is 1. The number of imide groups is 1. The summed E-state index contributed by atoms with van der Waals surface area (Å²) in [6.45, 7) is 0.282. The van der Waals surface area contributed by atoms with Gasteiger partial charge in [0, 0.05) is 0 Å². The highest BCUT2D eigenvalue weighted by atomic mass is 16.5. The zero-order valence-corrected chi connectivity index (χ0v) is 15.1. The molecule has 2 heterocycles. The molecule has 5 rings (SSSR count). The molecule has 1 spiro atoms. The minimum absolute atomic E-state index is 0.237. The lowest BCUT2D eigenvalue weighted by molar-refractivity contribution is -0.150. The molecule has 4 heteroatoms. The SMILES string of the molecule is O=C1C2=Cc3ccccc3C3(CCCC3)OC2C(=O)N1Cc1ccccc1. The van der Waals surface area contributed by atoms with Gasteiger partial charge in [-0.1, -0.05) is 67.4 Å². The second-order valence-corrected chi connectivity index (χ2v) is 7.60. The average molecular weight is 359 g/mol. The predicted molar refractivity (Wildman–Crippen MR) is 101 cm³/mol. The highest BCUT2D eigenvalue weighted by Gasteiger charge is 2.51. The molecule has 2 amide bonds. The van der Waals surface area contributed by atoms with Crippen LogP contribution in [0.2, 0.25) is 0 Å². The number of carbonyl (C=O) groups is 2. The Balaban J connectivity index is 1.57. The van der Waals surface area contributed by atoms with Crippen molar-refractivity contribution in [2.45, 2.75) is 43.9 Å². The molecule has 27 heavy (non-hydrogen) atoms. The Labute approximate surface area is 158 Å². The third-order valence-corrected chi connectivity index (χ3v) is 5.97. The van der Waals surface area contributed by atoms with Crippen molar-refractivity contribution in [3.8, 4) is 0 Å². The molecule has 2 aliphatic heterocycles. The van der Waals surface area contributed by atoms with E-state index in [2.05, 4.69) is 6.07 Å². The molecule has 1 aliphatic carbocycles. The Bertz CT molecular complexity index is 941. The number of ether oxygens (including phenoxy) is 1. The smallest absolute Gasteiger partial charge is 0.263 e. The van der Waals surface area contributed by atoms with E-state index in [1.165, 1.54) is 4.90 Å². The van der Waals surface area contributed by atoms with Crippen molar-refractivity contribution in [3.05, 3.63) is 76.9 Å². The lowest BCUT2D eigenvalue weighted by Gasteiger charge is -2.32. The first-order chi connectivity index (χ1) is 13.2. The molecule has 4 nitrogen and oxygen atoms in total. The number of rotatable bonds is 2. The molecule has 1 unspecified atom stereocenters. The molecule has 1 atom stereocenters. The molecule has 1 saturated carbocycles. The van der Waals surface area contributed by atoms with Crippen molar-refractivity contribution in [2.75, 3.05) is 0 Å². The highest BCUT2D eigenvalue weighted by molar-refractivity contribution is 6.18. The van der Waals surface area contributed by atoms with E-state index in [0.29, 0.717) is 5.57 Å². The maximum Gasteiger partial charge on any atom is 0.263 e. The van der Waals surface area contributed by atoms with Gasteiger partial charge in [-0.15, -0.1) is 0 Å².